The van der Waals surface area contributed by atoms with Gasteiger partial charge in [0.1, 0.15) is 6.79 Å². The average Bonchev–Trinajstić information content (AvgIpc) is 1.69. The van der Waals surface area contributed by atoms with E-state index in [0.29, 0.717) is 13.0 Å². The van der Waals surface area contributed by atoms with E-state index >= 15 is 0 Å². The maximum Gasteiger partial charge on any atom is 0.159 e. The van der Waals surface area contributed by atoms with Gasteiger partial charge in [0, 0.05) is 6.42 Å². The van der Waals surface area contributed by atoms with Crippen molar-refractivity contribution in [3.05, 3.63) is 0 Å². The van der Waals surface area contributed by atoms with Crippen LogP contribution in [-0.4, -0.2) is 24.8 Å². The number of aliphatic hydroxyl groups is 1. The quantitative estimate of drug-likeness (QED) is 0.458. The van der Waals surface area contributed by atoms with Crippen molar-refractivity contribution in [2.24, 2.45) is 0 Å². The van der Waals surface area contributed by atoms with Gasteiger partial charge in [-0.25, -0.2) is 0 Å². The lowest BCUT2D eigenvalue weighted by Gasteiger charge is -2.16. The Kier molecular flexibility index (Phi) is 1.62. The van der Waals surface area contributed by atoms with E-state index in [9.17, 15) is 0 Å². The molecule has 0 radical (unpaired) electrons. The van der Waals surface area contributed by atoms with E-state index in [1.165, 1.54) is 0 Å². The lowest BCUT2D eigenvalue weighted by molar-refractivity contribution is -0.214. The summed E-state index contributed by atoms with van der Waals surface area (Å²) < 4.78 is 9.37. The first-order chi connectivity index (χ1) is 3.39. The molecule has 42 valence electrons. The molecule has 0 aliphatic carbocycles. The zero-order chi connectivity index (χ0) is 5.11. The minimum atomic E-state index is -0.589. The highest BCUT2D eigenvalue weighted by molar-refractivity contribution is 4.42. The van der Waals surface area contributed by atoms with Crippen molar-refractivity contribution in [3.8, 4) is 0 Å². The Hall–Kier alpha value is -0.120. The molecule has 1 saturated heterocycles. The fraction of sp³-hybridized carbons (Fsp3) is 1.00. The summed E-state index contributed by atoms with van der Waals surface area (Å²) in [5.74, 6) is 0. The number of hydrogen-bond acceptors (Lipinski definition) is 3. The summed E-state index contributed by atoms with van der Waals surface area (Å²) in [5, 5.41) is 8.61. The molecule has 0 aromatic carbocycles. The molecule has 1 aliphatic rings. The fourth-order valence-electron chi connectivity index (χ4n) is 0.453. The van der Waals surface area contributed by atoms with Crippen LogP contribution in [0.5, 0.6) is 0 Å². The molecule has 0 bridgehead atoms. The molecular weight excluding hydrogens is 96.0 g/mol. The predicted octanol–water partition coefficient (Wildman–Crippen LogP) is -0.301. The summed E-state index contributed by atoms with van der Waals surface area (Å²) in [7, 11) is 0. The minimum Gasteiger partial charge on any atom is -0.368 e. The normalized spacial score (nSPS) is 33.0. The first-order valence-corrected chi connectivity index (χ1v) is 2.27. The van der Waals surface area contributed by atoms with Gasteiger partial charge in [0.2, 0.25) is 0 Å². The number of aliphatic hydroxyl groups excluding tert-OH is 1. The second kappa shape index (κ2) is 2.26. The van der Waals surface area contributed by atoms with Crippen molar-refractivity contribution in [2.75, 3.05) is 13.4 Å². The van der Waals surface area contributed by atoms with E-state index in [1.54, 1.807) is 0 Å². The highest BCUT2D eigenvalue weighted by atomic mass is 16.7. The molecule has 1 N–H and O–H groups in total. The van der Waals surface area contributed by atoms with Crippen molar-refractivity contribution in [2.45, 2.75) is 12.7 Å². The Morgan fingerprint density at radius 1 is 1.57 bits per heavy atom. The standard InChI is InChI=1S/C4H8O3/c5-4-1-2-6-3-7-4/h4-5H,1-3H2. The van der Waals surface area contributed by atoms with Crippen molar-refractivity contribution in [1.82, 2.24) is 0 Å². The highest BCUT2D eigenvalue weighted by Gasteiger charge is 2.07. The molecule has 1 fully saturated rings. The van der Waals surface area contributed by atoms with Gasteiger partial charge in [-0.1, -0.05) is 0 Å². The number of rotatable bonds is 0. The molecule has 3 heteroatoms. The molecule has 1 heterocycles. The van der Waals surface area contributed by atoms with Gasteiger partial charge in [-0.05, 0) is 0 Å². The van der Waals surface area contributed by atoms with Gasteiger partial charge in [-0.15, -0.1) is 0 Å². The molecule has 0 amide bonds. The largest absolute Gasteiger partial charge is 0.368 e. The third-order valence-electron chi connectivity index (χ3n) is 0.853. The van der Waals surface area contributed by atoms with Crippen LogP contribution in [-0.2, 0) is 9.47 Å². The van der Waals surface area contributed by atoms with Crippen molar-refractivity contribution in [3.63, 3.8) is 0 Å². The van der Waals surface area contributed by atoms with Crippen LogP contribution in [0.25, 0.3) is 0 Å². The smallest absolute Gasteiger partial charge is 0.159 e. The van der Waals surface area contributed by atoms with Crippen LogP contribution < -0.4 is 0 Å². The van der Waals surface area contributed by atoms with E-state index < -0.39 is 6.29 Å². The van der Waals surface area contributed by atoms with Crippen LogP contribution in [0.2, 0.25) is 0 Å². The zero-order valence-corrected chi connectivity index (χ0v) is 3.96. The maximum absolute atomic E-state index is 8.61. The van der Waals surface area contributed by atoms with Gasteiger partial charge in [0.15, 0.2) is 6.29 Å². The summed E-state index contributed by atoms with van der Waals surface area (Å²) in [6.07, 6.45) is 0.00810. The van der Waals surface area contributed by atoms with Crippen LogP contribution in [0.15, 0.2) is 0 Å². The SMILES string of the molecule is OC1CCOCO1. The van der Waals surface area contributed by atoms with Crippen molar-refractivity contribution < 1.29 is 14.6 Å². The van der Waals surface area contributed by atoms with E-state index in [-0.39, 0.29) is 6.79 Å². The average molecular weight is 104 g/mol. The summed E-state index contributed by atoms with van der Waals surface area (Å²) in [6, 6.07) is 0. The van der Waals surface area contributed by atoms with Gasteiger partial charge in [0.25, 0.3) is 0 Å². The molecule has 1 unspecified atom stereocenters. The molecule has 1 aliphatic heterocycles. The van der Waals surface area contributed by atoms with E-state index in [1.807, 2.05) is 0 Å². The molecule has 0 aromatic heterocycles. The molecule has 0 saturated carbocycles. The zero-order valence-electron chi connectivity index (χ0n) is 3.96. The maximum atomic E-state index is 8.61. The molecular formula is C4H8O3. The summed E-state index contributed by atoms with van der Waals surface area (Å²) in [6.45, 7) is 0.850. The molecule has 1 rings (SSSR count). The Labute approximate surface area is 41.8 Å². The van der Waals surface area contributed by atoms with E-state index in [4.69, 9.17) is 9.84 Å². The van der Waals surface area contributed by atoms with Gasteiger partial charge >= 0.3 is 0 Å². The molecule has 0 spiro atoms. The van der Waals surface area contributed by atoms with Crippen molar-refractivity contribution >= 4 is 0 Å². The van der Waals surface area contributed by atoms with E-state index in [2.05, 4.69) is 4.74 Å². The third kappa shape index (κ3) is 1.43. The van der Waals surface area contributed by atoms with Gasteiger partial charge in [0.05, 0.1) is 6.61 Å². The second-order valence-corrected chi connectivity index (χ2v) is 1.44. The number of ether oxygens (including phenoxy) is 2. The Bertz CT molecular complexity index is 48.9. The van der Waals surface area contributed by atoms with Gasteiger partial charge in [-0.3, -0.25) is 0 Å². The first kappa shape index (κ1) is 5.03. The number of hydrogen-bond donors (Lipinski definition) is 1. The third-order valence-corrected chi connectivity index (χ3v) is 0.853. The molecule has 3 nitrogen and oxygen atoms in total. The molecule has 0 aromatic rings. The van der Waals surface area contributed by atoms with Crippen molar-refractivity contribution in [1.29, 1.82) is 0 Å². The predicted molar refractivity (Wildman–Crippen MR) is 22.5 cm³/mol. The lowest BCUT2D eigenvalue weighted by Crippen LogP contribution is -2.22. The monoisotopic (exact) mass is 104 g/mol. The van der Waals surface area contributed by atoms with Crippen LogP contribution in [0.1, 0.15) is 6.42 Å². The molecule has 7 heavy (non-hydrogen) atoms. The van der Waals surface area contributed by atoms with Crippen LogP contribution in [0, 0.1) is 0 Å². The van der Waals surface area contributed by atoms with Crippen LogP contribution >= 0.6 is 0 Å². The van der Waals surface area contributed by atoms with E-state index in [0.717, 1.165) is 0 Å². The molecule has 1 atom stereocenters. The summed E-state index contributed by atoms with van der Waals surface area (Å²) >= 11 is 0. The van der Waals surface area contributed by atoms with Gasteiger partial charge < -0.3 is 14.6 Å². The lowest BCUT2D eigenvalue weighted by atomic mass is 10.4. The second-order valence-electron chi connectivity index (χ2n) is 1.44. The first-order valence-electron chi connectivity index (χ1n) is 2.27. The summed E-state index contributed by atoms with van der Waals surface area (Å²) in [5.41, 5.74) is 0. The van der Waals surface area contributed by atoms with Crippen LogP contribution in [0.4, 0.5) is 0 Å². The Balaban J connectivity index is 2.12. The topological polar surface area (TPSA) is 38.7 Å². The van der Waals surface area contributed by atoms with Gasteiger partial charge in [-0.2, -0.15) is 0 Å². The Morgan fingerprint density at radius 2 is 2.43 bits per heavy atom. The van der Waals surface area contributed by atoms with Crippen LogP contribution in [0.3, 0.4) is 0 Å². The highest BCUT2D eigenvalue weighted by Crippen LogP contribution is 2.00. The summed E-state index contributed by atoms with van der Waals surface area (Å²) in [4.78, 5) is 0. The Morgan fingerprint density at radius 3 is 2.71 bits per heavy atom. The fourth-order valence-corrected chi connectivity index (χ4v) is 0.453. The minimum absolute atomic E-state index is 0.237.